The zero-order valence-electron chi connectivity index (χ0n) is 14.5. The molecule has 1 N–H and O–H groups in total. The van der Waals surface area contributed by atoms with Crippen molar-refractivity contribution in [2.75, 3.05) is 54.5 Å². The van der Waals surface area contributed by atoms with E-state index in [-0.39, 0.29) is 0 Å². The van der Waals surface area contributed by atoms with Crippen molar-refractivity contribution in [3.63, 3.8) is 0 Å². The van der Waals surface area contributed by atoms with Gasteiger partial charge in [-0.3, -0.25) is 0 Å². The third-order valence-corrected chi connectivity index (χ3v) is 4.88. The molecule has 1 aromatic heterocycles. The Kier molecular flexibility index (Phi) is 4.97. The molecule has 1 atom stereocenters. The van der Waals surface area contributed by atoms with Crippen LogP contribution < -0.4 is 15.1 Å². The topological polar surface area (TPSA) is 53.5 Å². The average molecular weight is 339 g/mol. The molecule has 0 unspecified atom stereocenters. The molecule has 3 heterocycles. The predicted octanol–water partition coefficient (Wildman–Crippen LogP) is 2.39. The van der Waals surface area contributed by atoms with Gasteiger partial charge in [0.05, 0.1) is 13.2 Å². The smallest absolute Gasteiger partial charge is 0.134 e. The lowest BCUT2D eigenvalue weighted by Crippen LogP contribution is -2.42. The van der Waals surface area contributed by atoms with Gasteiger partial charge in [0.2, 0.25) is 0 Å². The normalized spacial score (nSPS) is 21.2. The Bertz CT molecular complexity index is 675. The molecule has 2 aromatic rings. The van der Waals surface area contributed by atoms with Crippen LogP contribution >= 0.6 is 0 Å². The van der Waals surface area contributed by atoms with E-state index in [0.717, 1.165) is 51.0 Å². The van der Waals surface area contributed by atoms with Gasteiger partial charge in [0.15, 0.2) is 0 Å². The van der Waals surface area contributed by atoms with Crippen LogP contribution in [0.4, 0.5) is 17.3 Å². The van der Waals surface area contributed by atoms with E-state index in [1.54, 1.807) is 6.33 Å². The van der Waals surface area contributed by atoms with E-state index in [9.17, 15) is 0 Å². The van der Waals surface area contributed by atoms with Crippen LogP contribution in [0.3, 0.4) is 0 Å². The summed E-state index contributed by atoms with van der Waals surface area (Å²) in [5.74, 6) is 1.90. The number of morpholine rings is 1. The van der Waals surface area contributed by atoms with Crippen molar-refractivity contribution in [3.05, 3.63) is 42.7 Å². The summed E-state index contributed by atoms with van der Waals surface area (Å²) in [6, 6.07) is 13.1. The van der Waals surface area contributed by atoms with Crippen LogP contribution in [-0.4, -0.2) is 55.4 Å². The molecule has 0 saturated carbocycles. The molecular weight excluding hydrogens is 314 g/mol. The van der Waals surface area contributed by atoms with Crippen LogP contribution in [0.1, 0.15) is 12.8 Å². The Labute approximate surface area is 148 Å². The van der Waals surface area contributed by atoms with Crippen LogP contribution in [0.5, 0.6) is 0 Å². The van der Waals surface area contributed by atoms with Gasteiger partial charge in [-0.2, -0.15) is 0 Å². The Morgan fingerprint density at radius 1 is 1.00 bits per heavy atom. The minimum absolute atomic E-state index is 0.404. The van der Waals surface area contributed by atoms with E-state index in [1.807, 2.05) is 0 Å². The fraction of sp³-hybridized carbons (Fsp3) is 0.474. The number of rotatable bonds is 4. The van der Waals surface area contributed by atoms with Crippen molar-refractivity contribution in [1.82, 2.24) is 9.97 Å². The molecule has 0 radical (unpaired) electrons. The summed E-state index contributed by atoms with van der Waals surface area (Å²) in [4.78, 5) is 13.6. The SMILES string of the molecule is c1ccc(N2CCC[C@@H](Nc3cc(N4CCOCC4)ncn3)C2)cc1. The Morgan fingerprint density at radius 3 is 2.68 bits per heavy atom. The summed E-state index contributed by atoms with van der Waals surface area (Å²) < 4.78 is 5.42. The second kappa shape index (κ2) is 7.70. The van der Waals surface area contributed by atoms with Gasteiger partial charge >= 0.3 is 0 Å². The summed E-state index contributed by atoms with van der Waals surface area (Å²) in [5, 5.41) is 3.61. The third kappa shape index (κ3) is 4.02. The molecule has 1 aromatic carbocycles. The van der Waals surface area contributed by atoms with E-state index >= 15 is 0 Å². The number of benzene rings is 1. The van der Waals surface area contributed by atoms with Gasteiger partial charge < -0.3 is 19.9 Å². The van der Waals surface area contributed by atoms with Gasteiger partial charge in [-0.05, 0) is 25.0 Å². The molecule has 25 heavy (non-hydrogen) atoms. The molecule has 0 amide bonds. The summed E-state index contributed by atoms with van der Waals surface area (Å²) in [7, 11) is 0. The lowest BCUT2D eigenvalue weighted by Gasteiger charge is -2.35. The highest BCUT2D eigenvalue weighted by atomic mass is 16.5. The lowest BCUT2D eigenvalue weighted by atomic mass is 10.0. The molecule has 4 rings (SSSR count). The quantitative estimate of drug-likeness (QED) is 0.923. The molecule has 0 bridgehead atoms. The molecule has 2 saturated heterocycles. The number of hydrogen-bond acceptors (Lipinski definition) is 6. The van der Waals surface area contributed by atoms with Gasteiger partial charge in [0.1, 0.15) is 18.0 Å². The maximum atomic E-state index is 5.42. The molecule has 132 valence electrons. The number of anilines is 3. The summed E-state index contributed by atoms with van der Waals surface area (Å²) in [6.07, 6.45) is 4.01. The maximum absolute atomic E-state index is 5.42. The number of ether oxygens (including phenoxy) is 1. The van der Waals surface area contributed by atoms with Crippen molar-refractivity contribution in [2.45, 2.75) is 18.9 Å². The third-order valence-electron chi connectivity index (χ3n) is 4.88. The minimum atomic E-state index is 0.404. The number of para-hydroxylation sites is 1. The van der Waals surface area contributed by atoms with Gasteiger partial charge in [0, 0.05) is 44.0 Å². The van der Waals surface area contributed by atoms with Gasteiger partial charge in [0.25, 0.3) is 0 Å². The second-order valence-corrected chi connectivity index (χ2v) is 6.63. The highest BCUT2D eigenvalue weighted by Crippen LogP contribution is 2.22. The van der Waals surface area contributed by atoms with Crippen molar-refractivity contribution < 1.29 is 4.74 Å². The molecule has 0 spiro atoms. The molecule has 6 nitrogen and oxygen atoms in total. The van der Waals surface area contributed by atoms with Crippen molar-refractivity contribution in [2.24, 2.45) is 0 Å². The molecule has 0 aliphatic carbocycles. The van der Waals surface area contributed by atoms with Gasteiger partial charge in [-0.15, -0.1) is 0 Å². The van der Waals surface area contributed by atoms with Crippen molar-refractivity contribution >= 4 is 17.3 Å². The van der Waals surface area contributed by atoms with Crippen LogP contribution in [0.15, 0.2) is 42.7 Å². The van der Waals surface area contributed by atoms with Crippen LogP contribution in [0, 0.1) is 0 Å². The monoisotopic (exact) mass is 339 g/mol. The Morgan fingerprint density at radius 2 is 1.84 bits per heavy atom. The molecular formula is C19H25N5O. The first-order valence-electron chi connectivity index (χ1n) is 9.10. The standard InChI is InChI=1S/C19H25N5O/c1-2-6-17(7-3-1)24-8-4-5-16(14-24)22-18-13-19(21-15-20-18)23-9-11-25-12-10-23/h1-3,6-7,13,15-16H,4-5,8-12,14H2,(H,20,21,22)/t16-/m1/s1. The molecule has 2 aliphatic heterocycles. The zero-order chi connectivity index (χ0) is 16.9. The molecule has 2 aliphatic rings. The number of nitrogens with one attached hydrogen (secondary N) is 1. The van der Waals surface area contributed by atoms with E-state index < -0.39 is 0 Å². The Hall–Kier alpha value is -2.34. The summed E-state index contributed by atoms with van der Waals surface area (Å²) in [5.41, 5.74) is 1.30. The van der Waals surface area contributed by atoms with Gasteiger partial charge in [-0.1, -0.05) is 18.2 Å². The minimum Gasteiger partial charge on any atom is -0.378 e. The average Bonchev–Trinajstić information content (AvgIpc) is 2.70. The first-order chi connectivity index (χ1) is 12.4. The first kappa shape index (κ1) is 16.1. The lowest BCUT2D eigenvalue weighted by molar-refractivity contribution is 0.122. The van der Waals surface area contributed by atoms with E-state index in [4.69, 9.17) is 4.74 Å². The van der Waals surface area contributed by atoms with E-state index in [2.05, 4.69) is 61.5 Å². The molecule has 2 fully saturated rings. The number of aromatic nitrogens is 2. The second-order valence-electron chi connectivity index (χ2n) is 6.63. The number of nitrogens with zero attached hydrogens (tertiary/aromatic N) is 4. The predicted molar refractivity (Wildman–Crippen MR) is 100 cm³/mol. The van der Waals surface area contributed by atoms with E-state index in [1.165, 1.54) is 18.5 Å². The van der Waals surface area contributed by atoms with Crippen molar-refractivity contribution in [1.29, 1.82) is 0 Å². The highest BCUT2D eigenvalue weighted by molar-refractivity contribution is 5.51. The van der Waals surface area contributed by atoms with Crippen molar-refractivity contribution in [3.8, 4) is 0 Å². The van der Waals surface area contributed by atoms with Gasteiger partial charge in [-0.25, -0.2) is 9.97 Å². The van der Waals surface area contributed by atoms with Crippen LogP contribution in [-0.2, 0) is 4.74 Å². The number of piperidine rings is 1. The van der Waals surface area contributed by atoms with Crippen LogP contribution in [0.2, 0.25) is 0 Å². The highest BCUT2D eigenvalue weighted by Gasteiger charge is 2.21. The maximum Gasteiger partial charge on any atom is 0.134 e. The largest absolute Gasteiger partial charge is 0.378 e. The number of hydrogen-bond donors (Lipinski definition) is 1. The fourth-order valence-electron chi connectivity index (χ4n) is 3.57. The first-order valence-corrected chi connectivity index (χ1v) is 9.10. The Balaban J connectivity index is 1.41. The molecule has 6 heteroatoms. The van der Waals surface area contributed by atoms with E-state index in [0.29, 0.717) is 6.04 Å². The van der Waals surface area contributed by atoms with Crippen LogP contribution in [0.25, 0.3) is 0 Å². The zero-order valence-corrected chi connectivity index (χ0v) is 14.5. The summed E-state index contributed by atoms with van der Waals surface area (Å²) in [6.45, 7) is 5.43. The fourth-order valence-corrected chi connectivity index (χ4v) is 3.57. The summed E-state index contributed by atoms with van der Waals surface area (Å²) >= 11 is 0.